The number of nitrogens with zero attached hydrogens (tertiary/aromatic N) is 2. The minimum Gasteiger partial charge on any atom is -0.497 e. The van der Waals surface area contributed by atoms with E-state index in [1.54, 1.807) is 37.4 Å². The summed E-state index contributed by atoms with van der Waals surface area (Å²) >= 11 is 0. The predicted molar refractivity (Wildman–Crippen MR) is 152 cm³/mol. The van der Waals surface area contributed by atoms with Crippen molar-refractivity contribution in [1.82, 2.24) is 10.2 Å². The Kier molecular flexibility index (Phi) is 9.78. The van der Waals surface area contributed by atoms with Gasteiger partial charge in [-0.15, -0.1) is 0 Å². The molecule has 1 saturated carbocycles. The molecule has 2 amide bonds. The van der Waals surface area contributed by atoms with Crippen LogP contribution >= 0.6 is 0 Å². The van der Waals surface area contributed by atoms with E-state index in [1.807, 2.05) is 19.1 Å². The maximum atomic E-state index is 14.0. The molecule has 1 heterocycles. The second-order valence-corrected chi connectivity index (χ2v) is 12.2. The number of carbonyl (C=O) groups is 2. The van der Waals surface area contributed by atoms with Gasteiger partial charge in [0.2, 0.25) is 21.8 Å². The van der Waals surface area contributed by atoms with Crippen molar-refractivity contribution in [3.63, 3.8) is 0 Å². The Morgan fingerprint density at radius 3 is 2.33 bits per heavy atom. The number of fused-ring (bicyclic) bond motifs is 1. The van der Waals surface area contributed by atoms with Gasteiger partial charge in [0.15, 0.2) is 11.5 Å². The van der Waals surface area contributed by atoms with Gasteiger partial charge in [-0.05, 0) is 56.0 Å². The molecule has 40 heavy (non-hydrogen) atoms. The van der Waals surface area contributed by atoms with Gasteiger partial charge in [-0.2, -0.15) is 0 Å². The van der Waals surface area contributed by atoms with Crippen LogP contribution in [0.2, 0.25) is 0 Å². The van der Waals surface area contributed by atoms with Crippen LogP contribution in [0.5, 0.6) is 17.2 Å². The zero-order chi connectivity index (χ0) is 28.7. The molecule has 0 bridgehead atoms. The summed E-state index contributed by atoms with van der Waals surface area (Å²) in [6, 6.07) is 11.4. The maximum absolute atomic E-state index is 14.0. The Hall–Kier alpha value is -3.47. The average molecular weight is 574 g/mol. The van der Waals surface area contributed by atoms with E-state index < -0.39 is 28.5 Å². The third kappa shape index (κ3) is 6.99. The molecule has 10 nitrogen and oxygen atoms in total. The minimum atomic E-state index is -3.85. The summed E-state index contributed by atoms with van der Waals surface area (Å²) in [5.41, 5.74) is 1.10. The number of methoxy groups -OCH3 is 1. The first-order valence-electron chi connectivity index (χ1n) is 13.9. The maximum Gasteiger partial charge on any atom is 0.244 e. The lowest BCUT2D eigenvalue weighted by atomic mass is 10.1. The Morgan fingerprint density at radius 2 is 1.70 bits per heavy atom. The van der Waals surface area contributed by atoms with Gasteiger partial charge in [0.25, 0.3) is 0 Å². The number of amides is 2. The van der Waals surface area contributed by atoms with E-state index in [4.69, 9.17) is 14.2 Å². The lowest BCUT2D eigenvalue weighted by Crippen LogP contribution is -2.53. The number of anilines is 1. The lowest BCUT2D eigenvalue weighted by Gasteiger charge is -2.34. The fourth-order valence-electron chi connectivity index (χ4n) is 5.12. The predicted octanol–water partition coefficient (Wildman–Crippen LogP) is 3.49. The highest BCUT2D eigenvalue weighted by atomic mass is 32.2. The fraction of sp³-hybridized carbons (Fsp3) is 0.517. The van der Waals surface area contributed by atoms with Gasteiger partial charge in [0.05, 0.1) is 18.6 Å². The van der Waals surface area contributed by atoms with Crippen LogP contribution in [-0.2, 0) is 26.2 Å². The van der Waals surface area contributed by atoms with Gasteiger partial charge in [0.1, 0.15) is 31.5 Å². The molecule has 1 aliphatic carbocycles. The highest BCUT2D eigenvalue weighted by Crippen LogP contribution is 2.35. The van der Waals surface area contributed by atoms with E-state index in [1.165, 1.54) is 11.8 Å². The molecule has 2 aliphatic rings. The Labute approximate surface area is 236 Å². The van der Waals surface area contributed by atoms with Crippen LogP contribution in [0, 0.1) is 0 Å². The second kappa shape index (κ2) is 13.3. The lowest BCUT2D eigenvalue weighted by molar-refractivity contribution is -0.140. The van der Waals surface area contributed by atoms with E-state index in [2.05, 4.69) is 5.32 Å². The molecule has 1 fully saturated rings. The van der Waals surface area contributed by atoms with Crippen LogP contribution < -0.4 is 23.8 Å². The third-order valence-corrected chi connectivity index (χ3v) is 9.13. The number of benzene rings is 2. The van der Waals surface area contributed by atoms with Crippen molar-refractivity contribution in [2.45, 2.75) is 64.6 Å². The standard InChI is InChI=1S/C29H39N3O7S/c1-4-25(29(34)30-22-8-6-7-9-22)31(19-21-10-13-24(37-3)14-11-21)28(33)20-32(40(35,36)5-2)23-12-15-26-27(18-23)39-17-16-38-26/h10-15,18,22,25H,4-9,16-17,19-20H2,1-3H3,(H,30,34). The molecule has 1 unspecified atom stereocenters. The summed E-state index contributed by atoms with van der Waals surface area (Å²) in [5, 5.41) is 3.11. The second-order valence-electron chi connectivity index (χ2n) is 10.0. The molecule has 2 aromatic rings. The first-order valence-corrected chi connectivity index (χ1v) is 15.5. The highest BCUT2D eigenvalue weighted by Gasteiger charge is 2.34. The van der Waals surface area contributed by atoms with Crippen LogP contribution in [0.4, 0.5) is 5.69 Å². The van der Waals surface area contributed by atoms with Crippen molar-refractivity contribution in [2.75, 3.05) is 36.9 Å². The van der Waals surface area contributed by atoms with Crippen LogP contribution in [-0.4, -0.2) is 69.8 Å². The van der Waals surface area contributed by atoms with E-state index in [-0.39, 0.29) is 24.2 Å². The van der Waals surface area contributed by atoms with E-state index in [9.17, 15) is 18.0 Å². The molecule has 2 aromatic carbocycles. The Balaban J connectivity index is 1.65. The van der Waals surface area contributed by atoms with Crippen molar-refractivity contribution in [1.29, 1.82) is 0 Å². The van der Waals surface area contributed by atoms with Gasteiger partial charge >= 0.3 is 0 Å². The Bertz CT molecular complexity index is 1280. The molecule has 218 valence electrons. The van der Waals surface area contributed by atoms with Crippen molar-refractivity contribution in [3.8, 4) is 17.2 Å². The van der Waals surface area contributed by atoms with Crippen molar-refractivity contribution >= 4 is 27.5 Å². The molecule has 0 aromatic heterocycles. The van der Waals surface area contributed by atoms with Crippen molar-refractivity contribution in [2.24, 2.45) is 0 Å². The quantitative estimate of drug-likeness (QED) is 0.413. The number of carbonyl (C=O) groups excluding carboxylic acids is 2. The number of nitrogens with one attached hydrogen (secondary N) is 1. The average Bonchev–Trinajstić information content (AvgIpc) is 3.48. The van der Waals surface area contributed by atoms with Gasteiger partial charge in [-0.1, -0.05) is 31.9 Å². The van der Waals surface area contributed by atoms with Gasteiger partial charge in [-0.3, -0.25) is 13.9 Å². The Morgan fingerprint density at radius 1 is 1.02 bits per heavy atom. The van der Waals surface area contributed by atoms with Gasteiger partial charge in [0, 0.05) is 18.7 Å². The monoisotopic (exact) mass is 573 g/mol. The minimum absolute atomic E-state index is 0.0918. The summed E-state index contributed by atoms with van der Waals surface area (Å²) in [5.74, 6) is 0.714. The molecular formula is C29H39N3O7S. The highest BCUT2D eigenvalue weighted by molar-refractivity contribution is 7.92. The molecule has 0 spiro atoms. The summed E-state index contributed by atoms with van der Waals surface area (Å²) in [6.07, 6.45) is 4.35. The van der Waals surface area contributed by atoms with Gasteiger partial charge < -0.3 is 24.4 Å². The van der Waals surface area contributed by atoms with Crippen LogP contribution in [0.3, 0.4) is 0 Å². The third-order valence-electron chi connectivity index (χ3n) is 7.39. The molecule has 1 atom stereocenters. The van der Waals surface area contributed by atoms with Crippen molar-refractivity contribution < 1.29 is 32.2 Å². The fourth-order valence-corrected chi connectivity index (χ4v) is 6.18. The summed E-state index contributed by atoms with van der Waals surface area (Å²) in [6.45, 7) is 3.82. The smallest absolute Gasteiger partial charge is 0.244 e. The number of sulfonamides is 1. The first-order chi connectivity index (χ1) is 19.2. The number of hydrogen-bond donors (Lipinski definition) is 1. The topological polar surface area (TPSA) is 114 Å². The summed E-state index contributed by atoms with van der Waals surface area (Å²) in [7, 11) is -2.27. The van der Waals surface area contributed by atoms with Gasteiger partial charge in [-0.25, -0.2) is 8.42 Å². The normalized spacial score (nSPS) is 15.8. The number of hydrogen-bond acceptors (Lipinski definition) is 7. The van der Waals surface area contributed by atoms with E-state index in [0.717, 1.165) is 35.6 Å². The van der Waals surface area contributed by atoms with Crippen LogP contribution in [0.1, 0.15) is 51.5 Å². The van der Waals surface area contributed by atoms with E-state index >= 15 is 0 Å². The largest absolute Gasteiger partial charge is 0.497 e. The zero-order valence-corrected chi connectivity index (χ0v) is 24.2. The number of ether oxygens (including phenoxy) is 3. The van der Waals surface area contributed by atoms with E-state index in [0.29, 0.717) is 42.6 Å². The van der Waals surface area contributed by atoms with Crippen molar-refractivity contribution in [3.05, 3.63) is 48.0 Å². The molecule has 1 aliphatic heterocycles. The van der Waals surface area contributed by atoms with Crippen LogP contribution in [0.25, 0.3) is 0 Å². The zero-order valence-electron chi connectivity index (χ0n) is 23.4. The molecule has 0 radical (unpaired) electrons. The first kappa shape index (κ1) is 29.5. The number of rotatable bonds is 12. The SMILES string of the molecule is CCC(C(=O)NC1CCCC1)N(Cc1ccc(OC)cc1)C(=O)CN(c1ccc2c(c1)OCCO2)S(=O)(=O)CC. The molecule has 1 N–H and O–H groups in total. The summed E-state index contributed by atoms with van der Waals surface area (Å²) in [4.78, 5) is 28.9. The summed E-state index contributed by atoms with van der Waals surface area (Å²) < 4.78 is 44.1. The molecular weight excluding hydrogens is 534 g/mol. The molecule has 0 saturated heterocycles. The van der Waals surface area contributed by atoms with Crippen LogP contribution in [0.15, 0.2) is 42.5 Å². The molecule has 11 heteroatoms. The molecule has 4 rings (SSSR count).